The molecule has 2 saturated heterocycles. The molecule has 260 valence electrons. The minimum atomic E-state index is -1.29. The van der Waals surface area contributed by atoms with Gasteiger partial charge in [-0.05, 0) is 72.7 Å². The lowest BCUT2D eigenvalue weighted by Gasteiger charge is -2.47. The Morgan fingerprint density at radius 1 is 0.660 bits per heavy atom. The minimum absolute atomic E-state index is 0.350. The van der Waals surface area contributed by atoms with Crippen LogP contribution >= 0.6 is 23.2 Å². The highest BCUT2D eigenvalue weighted by molar-refractivity contribution is 6.30. The molecule has 4 aromatic rings. The first-order chi connectivity index (χ1) is 24.0. The van der Waals surface area contributed by atoms with Crippen molar-refractivity contribution in [1.29, 1.82) is 0 Å². The van der Waals surface area contributed by atoms with Crippen molar-refractivity contribution in [3.8, 4) is 0 Å². The van der Waals surface area contributed by atoms with Gasteiger partial charge >= 0.3 is 11.9 Å². The molecule has 0 spiro atoms. The predicted octanol–water partition coefficient (Wildman–Crippen LogP) is 8.24. The Bertz CT molecular complexity index is 1770. The van der Waals surface area contributed by atoms with Crippen molar-refractivity contribution in [1.82, 2.24) is 9.80 Å². The number of carbonyl (C=O) groups excluding carboxylic acids is 2. The predicted molar refractivity (Wildman–Crippen MR) is 190 cm³/mol. The number of rotatable bonds is 8. The number of likely N-dealkylation sites (N-methyl/N-ethyl adjacent to an activating group) is 2. The van der Waals surface area contributed by atoms with E-state index in [1.54, 1.807) is 72.8 Å². The van der Waals surface area contributed by atoms with Gasteiger partial charge in [0.25, 0.3) is 0 Å². The lowest BCUT2D eigenvalue weighted by Crippen LogP contribution is -2.50. The molecule has 2 aliphatic heterocycles. The average Bonchev–Trinajstić information content (AvgIpc) is 3.09. The maximum atomic E-state index is 15.4. The number of hydrogen-bond acceptors (Lipinski definition) is 6. The first kappa shape index (κ1) is 35.7. The van der Waals surface area contributed by atoms with Crippen molar-refractivity contribution < 1.29 is 27.8 Å². The fourth-order valence-electron chi connectivity index (χ4n) is 7.50. The van der Waals surface area contributed by atoms with E-state index in [0.717, 1.165) is 12.2 Å². The molecular formula is C40H38Cl2F2N2O4. The van der Waals surface area contributed by atoms with Crippen LogP contribution in [-0.2, 0) is 30.3 Å². The number of halogens is 4. The van der Waals surface area contributed by atoms with Gasteiger partial charge in [-0.15, -0.1) is 0 Å². The Balaban J connectivity index is 1.34. The molecule has 6 nitrogen and oxygen atoms in total. The number of likely N-dealkylation sites (tertiary alicyclic amines) is 2. The van der Waals surface area contributed by atoms with Gasteiger partial charge in [-0.3, -0.25) is 0 Å². The summed E-state index contributed by atoms with van der Waals surface area (Å²) in [7, 11) is 3.86. The molecule has 0 bridgehead atoms. The summed E-state index contributed by atoms with van der Waals surface area (Å²) >= 11 is 12.8. The molecular weight excluding hydrogens is 681 g/mol. The molecule has 2 heterocycles. The van der Waals surface area contributed by atoms with Gasteiger partial charge in [-0.2, -0.15) is 0 Å². The number of nitrogens with zero attached hydrogens (tertiary/aromatic N) is 2. The number of ether oxygens (including phenoxy) is 2. The third-order valence-electron chi connectivity index (χ3n) is 9.95. The van der Waals surface area contributed by atoms with Crippen LogP contribution in [0.25, 0.3) is 0 Å². The maximum Gasteiger partial charge on any atom is 0.331 e. The number of carbonyl (C=O) groups is 2. The summed E-state index contributed by atoms with van der Waals surface area (Å²) in [6.07, 6.45) is 2.76. The summed E-state index contributed by atoms with van der Waals surface area (Å²) in [5.41, 5.74) is -0.544. The number of benzene rings is 4. The lowest BCUT2D eigenvalue weighted by molar-refractivity contribution is -0.166. The van der Waals surface area contributed by atoms with Crippen LogP contribution < -0.4 is 0 Å². The Labute approximate surface area is 301 Å². The molecule has 0 saturated carbocycles. The summed E-state index contributed by atoms with van der Waals surface area (Å²) in [6.45, 7) is 1.93. The minimum Gasteiger partial charge on any atom is -0.450 e. The van der Waals surface area contributed by atoms with Crippen LogP contribution in [-0.4, -0.2) is 62.0 Å². The molecule has 0 amide bonds. The van der Waals surface area contributed by atoms with Gasteiger partial charge in [0.05, 0.1) is 0 Å². The normalized spacial score (nSPS) is 24.6. The molecule has 50 heavy (non-hydrogen) atoms. The van der Waals surface area contributed by atoms with Crippen LogP contribution in [0.15, 0.2) is 109 Å². The fraction of sp³-hybridized carbons (Fsp3) is 0.300. The van der Waals surface area contributed by atoms with Crippen LogP contribution in [0.1, 0.15) is 46.9 Å². The second-order valence-corrected chi connectivity index (χ2v) is 14.0. The molecule has 10 heteroatoms. The van der Waals surface area contributed by atoms with Crippen molar-refractivity contribution >= 4 is 35.1 Å². The van der Waals surface area contributed by atoms with Crippen molar-refractivity contribution in [2.24, 2.45) is 0 Å². The van der Waals surface area contributed by atoms with Crippen LogP contribution in [0.5, 0.6) is 0 Å². The fourth-order valence-corrected chi connectivity index (χ4v) is 7.88. The zero-order valence-electron chi connectivity index (χ0n) is 27.8. The smallest absolute Gasteiger partial charge is 0.331 e. The van der Waals surface area contributed by atoms with E-state index in [1.807, 2.05) is 26.2 Å². The quantitative estimate of drug-likeness (QED) is 0.135. The lowest BCUT2D eigenvalue weighted by atomic mass is 9.72. The Morgan fingerprint density at radius 2 is 1.06 bits per heavy atom. The first-order valence-corrected chi connectivity index (χ1v) is 17.3. The van der Waals surface area contributed by atoms with Gasteiger partial charge in [0.2, 0.25) is 0 Å². The zero-order valence-corrected chi connectivity index (χ0v) is 29.3. The topological polar surface area (TPSA) is 59.1 Å². The highest BCUT2D eigenvalue weighted by Crippen LogP contribution is 2.49. The van der Waals surface area contributed by atoms with E-state index < -0.39 is 46.6 Å². The summed E-state index contributed by atoms with van der Waals surface area (Å²) in [5.74, 6) is -3.61. The Kier molecular flexibility index (Phi) is 10.7. The Morgan fingerprint density at radius 3 is 1.44 bits per heavy atom. The molecule has 0 aliphatic carbocycles. The van der Waals surface area contributed by atoms with E-state index >= 15 is 8.78 Å². The van der Waals surface area contributed by atoms with Crippen molar-refractivity contribution in [2.75, 3.05) is 40.3 Å². The molecule has 2 aliphatic rings. The van der Waals surface area contributed by atoms with Gasteiger partial charge in [0.15, 0.2) is 0 Å². The second-order valence-electron chi connectivity index (χ2n) is 13.1. The van der Waals surface area contributed by atoms with E-state index in [-0.39, 0.29) is 0 Å². The third kappa shape index (κ3) is 7.35. The van der Waals surface area contributed by atoms with E-state index in [0.29, 0.717) is 71.3 Å². The van der Waals surface area contributed by atoms with Crippen molar-refractivity contribution in [3.05, 3.63) is 153 Å². The van der Waals surface area contributed by atoms with Crippen molar-refractivity contribution in [3.63, 3.8) is 0 Å². The molecule has 4 aromatic carbocycles. The van der Waals surface area contributed by atoms with Gasteiger partial charge in [0, 0.05) is 73.1 Å². The standard InChI is InChI=1S/C40H38Cl2F2N2O4/c1-45-21-19-39(27-9-7-11-29(41)23-27,33(25-45)31-13-3-5-15-35(31)43)49-37(47)17-18-38(48)50-40(28-10-8-12-30(42)24-28)20-22-46(2)26-34(40)32-14-4-6-16-36(32)44/h3-18,23-24,33-34H,19-22,25-26H2,1-2H3/b18-17-. The number of hydrogen-bond donors (Lipinski definition) is 0. The highest BCUT2D eigenvalue weighted by Gasteiger charge is 2.50. The summed E-state index contributed by atoms with van der Waals surface area (Å²) in [5, 5.41) is 0.884. The van der Waals surface area contributed by atoms with Crippen LogP contribution in [0, 0.1) is 11.6 Å². The summed E-state index contributed by atoms with van der Waals surface area (Å²) < 4.78 is 43.4. The highest BCUT2D eigenvalue weighted by atomic mass is 35.5. The van der Waals surface area contributed by atoms with E-state index in [4.69, 9.17) is 32.7 Å². The molecule has 4 atom stereocenters. The van der Waals surface area contributed by atoms with Gasteiger partial charge in [-0.1, -0.05) is 83.9 Å². The van der Waals surface area contributed by atoms with E-state index in [2.05, 4.69) is 9.80 Å². The molecule has 6 rings (SSSR count). The van der Waals surface area contributed by atoms with Crippen molar-refractivity contribution in [2.45, 2.75) is 35.9 Å². The first-order valence-electron chi connectivity index (χ1n) is 16.5. The van der Waals surface area contributed by atoms with Gasteiger partial charge in [-0.25, -0.2) is 18.4 Å². The van der Waals surface area contributed by atoms with Crippen LogP contribution in [0.4, 0.5) is 8.78 Å². The molecule has 4 unspecified atom stereocenters. The van der Waals surface area contributed by atoms with E-state index in [1.165, 1.54) is 12.1 Å². The largest absolute Gasteiger partial charge is 0.450 e. The molecule has 0 aromatic heterocycles. The van der Waals surface area contributed by atoms with E-state index in [9.17, 15) is 9.59 Å². The number of esters is 2. The van der Waals surface area contributed by atoms with Crippen LogP contribution in [0.2, 0.25) is 10.0 Å². The van der Waals surface area contributed by atoms with Gasteiger partial charge in [0.1, 0.15) is 22.8 Å². The Hall–Kier alpha value is -4.08. The number of piperidine rings is 2. The summed E-state index contributed by atoms with van der Waals surface area (Å²) in [4.78, 5) is 31.6. The molecule has 2 fully saturated rings. The monoisotopic (exact) mass is 718 g/mol. The maximum absolute atomic E-state index is 15.4. The van der Waals surface area contributed by atoms with Crippen LogP contribution in [0.3, 0.4) is 0 Å². The third-order valence-corrected chi connectivity index (χ3v) is 10.4. The average molecular weight is 720 g/mol. The van der Waals surface area contributed by atoms with Gasteiger partial charge < -0.3 is 19.3 Å². The zero-order chi connectivity index (χ0) is 35.5. The molecule has 0 radical (unpaired) electrons. The SMILES string of the molecule is CN1CCC(OC(=O)/C=C\C(=O)OC2(c3cccc(Cl)c3)CCN(C)CC2c2ccccc2F)(c2cccc(Cl)c2)C(c2ccccc2F)C1. The molecule has 0 N–H and O–H groups in total. The second kappa shape index (κ2) is 15.0. The summed E-state index contributed by atoms with van der Waals surface area (Å²) in [6, 6.07) is 26.9.